The van der Waals surface area contributed by atoms with E-state index in [2.05, 4.69) is 10.3 Å². The molecule has 3 rings (SSSR count). The van der Waals surface area contributed by atoms with Crippen molar-refractivity contribution >= 4 is 39.9 Å². The number of carbonyl (C=O) groups is 1. The summed E-state index contributed by atoms with van der Waals surface area (Å²) in [6.45, 7) is 0. The first kappa shape index (κ1) is 18.2. The van der Waals surface area contributed by atoms with Crippen LogP contribution in [-0.2, 0) is 0 Å². The molecular weight excluding hydrogens is 453 g/mol. The Bertz CT molecular complexity index is 981. The van der Waals surface area contributed by atoms with Gasteiger partial charge in [-0.25, -0.2) is 14.6 Å². The number of nitrogen functional groups attached to an aromatic ring is 1. The third kappa shape index (κ3) is 3.65. The molecule has 3 aromatic rings. The summed E-state index contributed by atoms with van der Waals surface area (Å²) >= 11 is 1.99. The molecule has 5 nitrogen and oxygen atoms in total. The quantitative estimate of drug-likeness (QED) is 0.235. The number of nitrogens with one attached hydrogen (secondary N) is 2. The van der Waals surface area contributed by atoms with E-state index in [0.29, 0.717) is 0 Å². The number of halogens is 3. The third-order valence-electron chi connectivity index (χ3n) is 3.67. The highest BCUT2D eigenvalue weighted by Gasteiger charge is 2.20. The lowest BCUT2D eigenvalue weighted by Crippen LogP contribution is -2.31. The third-order valence-corrected chi connectivity index (χ3v) is 4.34. The molecular formula is C18H13F2IN4O. The summed E-state index contributed by atoms with van der Waals surface area (Å²) in [5.41, 5.74) is 2.88. The van der Waals surface area contributed by atoms with Gasteiger partial charge in [-0.1, -0.05) is 18.2 Å². The van der Waals surface area contributed by atoms with Crippen molar-refractivity contribution in [2.75, 3.05) is 5.32 Å². The molecule has 4 N–H and O–H groups in total. The lowest BCUT2D eigenvalue weighted by Gasteiger charge is -2.15. The van der Waals surface area contributed by atoms with Gasteiger partial charge in [-0.15, -0.1) is 0 Å². The van der Waals surface area contributed by atoms with Crippen molar-refractivity contribution in [1.29, 1.82) is 0 Å². The number of benzene rings is 2. The number of anilines is 2. The van der Waals surface area contributed by atoms with Crippen molar-refractivity contribution in [3.8, 4) is 11.1 Å². The summed E-state index contributed by atoms with van der Waals surface area (Å²) < 4.78 is 29.1. The first-order chi connectivity index (χ1) is 12.5. The van der Waals surface area contributed by atoms with Crippen LogP contribution in [-0.4, -0.2) is 10.9 Å². The zero-order valence-corrected chi connectivity index (χ0v) is 15.4. The second-order valence-corrected chi connectivity index (χ2v) is 6.56. The normalized spacial score (nSPS) is 10.5. The lowest BCUT2D eigenvalue weighted by molar-refractivity contribution is 0.0955. The molecule has 8 heteroatoms. The Hall–Kier alpha value is -2.59. The number of pyridine rings is 1. The topological polar surface area (TPSA) is 80.0 Å². The fourth-order valence-corrected chi connectivity index (χ4v) is 2.95. The van der Waals surface area contributed by atoms with E-state index in [0.717, 1.165) is 3.57 Å². The lowest BCUT2D eigenvalue weighted by atomic mass is 9.99. The molecule has 2 aromatic carbocycles. The first-order valence-electron chi connectivity index (χ1n) is 7.47. The fraction of sp³-hybridized carbons (Fsp3) is 0. The van der Waals surface area contributed by atoms with Gasteiger partial charge >= 0.3 is 0 Å². The van der Waals surface area contributed by atoms with Crippen LogP contribution in [0.1, 0.15) is 10.4 Å². The zero-order valence-electron chi connectivity index (χ0n) is 13.3. The van der Waals surface area contributed by atoms with Gasteiger partial charge in [0.2, 0.25) is 0 Å². The number of rotatable bonds is 4. The molecule has 1 amide bonds. The van der Waals surface area contributed by atoms with Gasteiger partial charge in [0, 0.05) is 20.9 Å². The monoisotopic (exact) mass is 466 g/mol. The van der Waals surface area contributed by atoms with Crippen molar-refractivity contribution in [1.82, 2.24) is 10.4 Å². The van der Waals surface area contributed by atoms with Gasteiger partial charge in [0.15, 0.2) is 0 Å². The average molecular weight is 466 g/mol. The van der Waals surface area contributed by atoms with Gasteiger partial charge in [0.1, 0.15) is 11.6 Å². The van der Waals surface area contributed by atoms with Crippen LogP contribution in [0, 0.1) is 15.2 Å². The molecule has 0 bridgehead atoms. The molecule has 0 aliphatic carbocycles. The van der Waals surface area contributed by atoms with Crippen molar-refractivity contribution in [3.05, 3.63) is 75.6 Å². The molecule has 1 heterocycles. The van der Waals surface area contributed by atoms with Crippen LogP contribution in [0.3, 0.4) is 0 Å². The van der Waals surface area contributed by atoms with Crippen LogP contribution >= 0.6 is 22.6 Å². The Labute approximate surface area is 161 Å². The fourth-order valence-electron chi connectivity index (χ4n) is 2.49. The number of amides is 1. The molecule has 0 aliphatic heterocycles. The van der Waals surface area contributed by atoms with Crippen molar-refractivity contribution in [3.63, 3.8) is 0 Å². The molecule has 0 radical (unpaired) electrons. The Balaban J connectivity index is 2.15. The predicted octanol–water partition coefficient (Wildman–Crippen LogP) is 3.98. The van der Waals surface area contributed by atoms with Crippen LogP contribution in [0.4, 0.5) is 20.2 Å². The Morgan fingerprint density at radius 1 is 1.00 bits per heavy atom. The van der Waals surface area contributed by atoms with Crippen molar-refractivity contribution in [2.24, 2.45) is 5.84 Å². The SMILES string of the molecule is NNC(=O)c1c(Nc2ccc(I)cc2F)cncc1-c1ccccc1F. The molecule has 0 aliphatic rings. The predicted molar refractivity (Wildman–Crippen MR) is 104 cm³/mol. The molecule has 1 aromatic heterocycles. The van der Waals surface area contributed by atoms with E-state index in [1.54, 1.807) is 12.1 Å². The highest BCUT2D eigenvalue weighted by Crippen LogP contribution is 2.32. The number of carbonyl (C=O) groups excluding carboxylic acids is 1. The molecule has 26 heavy (non-hydrogen) atoms. The van der Waals surface area contributed by atoms with Crippen LogP contribution in [0.15, 0.2) is 54.9 Å². The second kappa shape index (κ2) is 7.75. The second-order valence-electron chi connectivity index (χ2n) is 5.31. The maximum Gasteiger partial charge on any atom is 0.268 e. The highest BCUT2D eigenvalue weighted by molar-refractivity contribution is 14.1. The minimum absolute atomic E-state index is 0.0607. The van der Waals surface area contributed by atoms with Crippen LogP contribution in [0.2, 0.25) is 0 Å². The Kier molecular flexibility index (Phi) is 5.43. The van der Waals surface area contributed by atoms with E-state index in [-0.39, 0.29) is 28.1 Å². The summed E-state index contributed by atoms with van der Waals surface area (Å²) in [6, 6.07) is 10.6. The summed E-state index contributed by atoms with van der Waals surface area (Å²) in [6.07, 6.45) is 2.71. The standard InChI is InChI=1S/C18H13F2IN4O/c19-13-4-2-1-3-11(13)12-8-23-9-16(17(12)18(26)25-22)24-15-6-5-10(21)7-14(15)20/h1-9,24H,22H2,(H,25,26). The van der Waals surface area contributed by atoms with Gasteiger partial charge in [-0.3, -0.25) is 15.2 Å². The number of hydrogen-bond donors (Lipinski definition) is 3. The Morgan fingerprint density at radius 2 is 1.77 bits per heavy atom. The average Bonchev–Trinajstić information content (AvgIpc) is 2.63. The molecule has 0 fully saturated rings. The summed E-state index contributed by atoms with van der Waals surface area (Å²) in [4.78, 5) is 16.4. The van der Waals surface area contributed by atoms with E-state index >= 15 is 0 Å². The van der Waals surface area contributed by atoms with Crippen molar-refractivity contribution in [2.45, 2.75) is 0 Å². The number of nitrogens with zero attached hydrogens (tertiary/aromatic N) is 1. The summed E-state index contributed by atoms with van der Waals surface area (Å²) in [7, 11) is 0. The largest absolute Gasteiger partial charge is 0.351 e. The van der Waals surface area contributed by atoms with Crippen LogP contribution in [0.5, 0.6) is 0 Å². The van der Waals surface area contributed by atoms with Gasteiger partial charge in [-0.2, -0.15) is 0 Å². The number of hydrogen-bond acceptors (Lipinski definition) is 4. The molecule has 132 valence electrons. The molecule has 0 atom stereocenters. The van der Waals surface area contributed by atoms with Crippen molar-refractivity contribution < 1.29 is 13.6 Å². The van der Waals surface area contributed by atoms with E-state index < -0.39 is 17.5 Å². The molecule has 0 unspecified atom stereocenters. The molecule has 0 spiro atoms. The maximum absolute atomic E-state index is 14.2. The van der Waals surface area contributed by atoms with Crippen LogP contribution < -0.4 is 16.6 Å². The maximum atomic E-state index is 14.2. The number of aromatic nitrogens is 1. The van der Waals surface area contributed by atoms with E-state index in [1.165, 1.54) is 42.7 Å². The van der Waals surface area contributed by atoms with Crippen LogP contribution in [0.25, 0.3) is 11.1 Å². The van der Waals surface area contributed by atoms with E-state index in [1.807, 2.05) is 28.0 Å². The van der Waals surface area contributed by atoms with E-state index in [4.69, 9.17) is 5.84 Å². The molecule has 0 saturated carbocycles. The van der Waals surface area contributed by atoms with Gasteiger partial charge in [0.05, 0.1) is 23.1 Å². The Morgan fingerprint density at radius 3 is 2.46 bits per heavy atom. The van der Waals surface area contributed by atoms with Gasteiger partial charge in [0.25, 0.3) is 5.91 Å². The summed E-state index contributed by atoms with van der Waals surface area (Å²) in [5.74, 6) is 3.62. The minimum Gasteiger partial charge on any atom is -0.351 e. The van der Waals surface area contributed by atoms with Gasteiger partial charge in [-0.05, 0) is 46.9 Å². The zero-order chi connectivity index (χ0) is 18.7. The van der Waals surface area contributed by atoms with Gasteiger partial charge < -0.3 is 5.32 Å². The molecule has 0 saturated heterocycles. The first-order valence-corrected chi connectivity index (χ1v) is 8.55. The minimum atomic E-state index is -0.654. The highest BCUT2D eigenvalue weighted by atomic mass is 127. The summed E-state index contributed by atoms with van der Waals surface area (Å²) in [5, 5.41) is 2.83. The smallest absolute Gasteiger partial charge is 0.268 e. The van der Waals surface area contributed by atoms with E-state index in [9.17, 15) is 13.6 Å². The number of hydrazine groups is 1. The number of nitrogens with two attached hydrogens (primary N) is 1.